The van der Waals surface area contributed by atoms with Crippen LogP contribution in [0.15, 0.2) is 48.5 Å². The van der Waals surface area contributed by atoms with Gasteiger partial charge >= 0.3 is 6.03 Å². The standard InChI is InChI=1S/C17H17FN4O3/c1-11(23)20-13-6-8-15(9-7-13)22-17(25)19-10-16(24)21-14-4-2-12(18)3-5-14/h2-9H,10H2,1H3,(H,20,23)(H,21,24)(H2,19,22,25). The second kappa shape index (κ2) is 8.44. The summed E-state index contributed by atoms with van der Waals surface area (Å²) in [5, 5.41) is 10.1. The van der Waals surface area contributed by atoms with Gasteiger partial charge in [-0.1, -0.05) is 0 Å². The van der Waals surface area contributed by atoms with E-state index in [1.807, 2.05) is 0 Å². The van der Waals surface area contributed by atoms with E-state index in [1.54, 1.807) is 24.3 Å². The van der Waals surface area contributed by atoms with Crippen molar-refractivity contribution in [3.8, 4) is 0 Å². The van der Waals surface area contributed by atoms with E-state index in [1.165, 1.54) is 31.2 Å². The lowest BCUT2D eigenvalue weighted by Crippen LogP contribution is -2.35. The third-order valence-electron chi connectivity index (χ3n) is 3.00. The zero-order valence-corrected chi connectivity index (χ0v) is 13.4. The summed E-state index contributed by atoms with van der Waals surface area (Å²) in [5.74, 6) is -1.03. The van der Waals surface area contributed by atoms with Crippen molar-refractivity contribution in [2.75, 3.05) is 22.5 Å². The second-order valence-corrected chi connectivity index (χ2v) is 5.12. The number of urea groups is 1. The molecule has 0 atom stereocenters. The van der Waals surface area contributed by atoms with Gasteiger partial charge in [-0.3, -0.25) is 9.59 Å². The highest BCUT2D eigenvalue weighted by Gasteiger charge is 2.06. The first-order chi connectivity index (χ1) is 11.9. The Hall–Kier alpha value is -3.42. The van der Waals surface area contributed by atoms with Crippen LogP contribution in [0, 0.1) is 5.82 Å². The van der Waals surface area contributed by atoms with Gasteiger partial charge in [-0.25, -0.2) is 9.18 Å². The van der Waals surface area contributed by atoms with Crippen LogP contribution < -0.4 is 21.3 Å². The number of nitrogens with one attached hydrogen (secondary N) is 4. The molecule has 0 heterocycles. The lowest BCUT2D eigenvalue weighted by Gasteiger charge is -2.09. The van der Waals surface area contributed by atoms with Crippen molar-refractivity contribution in [2.45, 2.75) is 6.92 Å². The van der Waals surface area contributed by atoms with E-state index in [-0.39, 0.29) is 12.5 Å². The molecule has 25 heavy (non-hydrogen) atoms. The number of amides is 4. The predicted molar refractivity (Wildman–Crippen MR) is 92.8 cm³/mol. The summed E-state index contributed by atoms with van der Waals surface area (Å²) in [4.78, 5) is 34.4. The fraction of sp³-hybridized carbons (Fsp3) is 0.118. The van der Waals surface area contributed by atoms with Crippen LogP contribution in [0.1, 0.15) is 6.92 Å². The van der Waals surface area contributed by atoms with Crippen molar-refractivity contribution in [2.24, 2.45) is 0 Å². The smallest absolute Gasteiger partial charge is 0.319 e. The van der Waals surface area contributed by atoms with E-state index in [2.05, 4.69) is 21.3 Å². The lowest BCUT2D eigenvalue weighted by atomic mass is 10.3. The fourth-order valence-corrected chi connectivity index (χ4v) is 1.91. The summed E-state index contributed by atoms with van der Waals surface area (Å²) in [6.07, 6.45) is 0. The molecule has 0 aliphatic rings. The molecular weight excluding hydrogens is 327 g/mol. The molecule has 0 aliphatic heterocycles. The SMILES string of the molecule is CC(=O)Nc1ccc(NC(=O)NCC(=O)Nc2ccc(F)cc2)cc1. The maximum atomic E-state index is 12.8. The van der Waals surface area contributed by atoms with Crippen LogP contribution in [-0.2, 0) is 9.59 Å². The van der Waals surface area contributed by atoms with Crippen molar-refractivity contribution >= 4 is 34.9 Å². The normalized spacial score (nSPS) is 9.84. The quantitative estimate of drug-likeness (QED) is 0.671. The van der Waals surface area contributed by atoms with Crippen LogP contribution in [0.5, 0.6) is 0 Å². The predicted octanol–water partition coefficient (Wildman–Crippen LogP) is 2.54. The Labute approximate surface area is 143 Å². The maximum absolute atomic E-state index is 12.8. The monoisotopic (exact) mass is 344 g/mol. The molecule has 0 aliphatic carbocycles. The highest BCUT2D eigenvalue weighted by Crippen LogP contribution is 2.13. The van der Waals surface area contributed by atoms with Crippen LogP contribution in [0.4, 0.5) is 26.2 Å². The molecule has 4 amide bonds. The number of anilines is 3. The number of rotatable bonds is 5. The Morgan fingerprint density at radius 2 is 1.28 bits per heavy atom. The maximum Gasteiger partial charge on any atom is 0.319 e. The first-order valence-electron chi connectivity index (χ1n) is 7.40. The minimum absolute atomic E-state index is 0.189. The largest absolute Gasteiger partial charge is 0.329 e. The molecule has 0 saturated carbocycles. The van der Waals surface area contributed by atoms with Gasteiger partial charge in [0.15, 0.2) is 0 Å². The molecule has 0 radical (unpaired) electrons. The molecular formula is C17H17FN4O3. The van der Waals surface area contributed by atoms with Crippen molar-refractivity contribution in [1.29, 1.82) is 0 Å². The summed E-state index contributed by atoms with van der Waals surface area (Å²) >= 11 is 0. The number of carbonyl (C=O) groups excluding carboxylic acids is 3. The number of benzene rings is 2. The number of carbonyl (C=O) groups is 3. The first-order valence-corrected chi connectivity index (χ1v) is 7.40. The van der Waals surface area contributed by atoms with Gasteiger partial charge < -0.3 is 21.3 Å². The molecule has 0 unspecified atom stereocenters. The molecule has 7 nitrogen and oxygen atoms in total. The second-order valence-electron chi connectivity index (χ2n) is 5.12. The summed E-state index contributed by atoms with van der Waals surface area (Å²) in [5.41, 5.74) is 1.55. The molecule has 2 rings (SSSR count). The zero-order valence-electron chi connectivity index (χ0n) is 13.4. The highest BCUT2D eigenvalue weighted by atomic mass is 19.1. The minimum Gasteiger partial charge on any atom is -0.329 e. The third kappa shape index (κ3) is 6.30. The van der Waals surface area contributed by atoms with Crippen molar-refractivity contribution < 1.29 is 18.8 Å². The number of hydrogen-bond donors (Lipinski definition) is 4. The summed E-state index contributed by atoms with van der Waals surface area (Å²) in [6, 6.07) is 11.2. The molecule has 4 N–H and O–H groups in total. The fourth-order valence-electron chi connectivity index (χ4n) is 1.91. The molecule has 2 aromatic rings. The average Bonchev–Trinajstić information content (AvgIpc) is 2.56. The van der Waals surface area contributed by atoms with Gasteiger partial charge in [-0.2, -0.15) is 0 Å². The van der Waals surface area contributed by atoms with Gasteiger partial charge in [0, 0.05) is 24.0 Å². The molecule has 2 aromatic carbocycles. The molecule has 8 heteroatoms. The molecule has 0 spiro atoms. The topological polar surface area (TPSA) is 99.3 Å². The number of halogens is 1. The van der Waals surface area contributed by atoms with E-state index in [4.69, 9.17) is 0 Å². The first kappa shape index (κ1) is 17.9. The van der Waals surface area contributed by atoms with Crippen LogP contribution in [0.3, 0.4) is 0 Å². The highest BCUT2D eigenvalue weighted by molar-refractivity contribution is 5.97. The minimum atomic E-state index is -0.554. The van der Waals surface area contributed by atoms with Gasteiger partial charge in [0.1, 0.15) is 5.82 Å². The lowest BCUT2D eigenvalue weighted by molar-refractivity contribution is -0.115. The van der Waals surface area contributed by atoms with Gasteiger partial charge in [-0.05, 0) is 48.5 Å². The Morgan fingerprint density at radius 1 is 0.800 bits per heavy atom. The van der Waals surface area contributed by atoms with E-state index >= 15 is 0 Å². The van der Waals surface area contributed by atoms with Gasteiger partial charge in [0.25, 0.3) is 0 Å². The van der Waals surface area contributed by atoms with Crippen molar-refractivity contribution in [3.05, 3.63) is 54.3 Å². The third-order valence-corrected chi connectivity index (χ3v) is 3.00. The Morgan fingerprint density at radius 3 is 1.84 bits per heavy atom. The van der Waals surface area contributed by atoms with Gasteiger partial charge in [0.05, 0.1) is 6.54 Å². The molecule has 0 saturated heterocycles. The van der Waals surface area contributed by atoms with Gasteiger partial charge in [0.2, 0.25) is 11.8 Å². The van der Waals surface area contributed by atoms with E-state index in [0.29, 0.717) is 17.1 Å². The Balaban J connectivity index is 1.77. The molecule has 0 aromatic heterocycles. The average molecular weight is 344 g/mol. The van der Waals surface area contributed by atoms with Crippen LogP contribution in [0.2, 0.25) is 0 Å². The van der Waals surface area contributed by atoms with E-state index in [9.17, 15) is 18.8 Å². The van der Waals surface area contributed by atoms with Gasteiger partial charge in [-0.15, -0.1) is 0 Å². The van der Waals surface area contributed by atoms with Crippen LogP contribution in [0.25, 0.3) is 0 Å². The van der Waals surface area contributed by atoms with E-state index in [0.717, 1.165) is 0 Å². The Bertz CT molecular complexity index is 760. The summed E-state index contributed by atoms with van der Waals surface area (Å²) < 4.78 is 12.8. The number of hydrogen-bond acceptors (Lipinski definition) is 3. The Kier molecular flexibility index (Phi) is 6.05. The summed E-state index contributed by atoms with van der Waals surface area (Å²) in [7, 11) is 0. The van der Waals surface area contributed by atoms with E-state index < -0.39 is 17.8 Å². The molecule has 0 fully saturated rings. The molecule has 0 bridgehead atoms. The van der Waals surface area contributed by atoms with Crippen LogP contribution in [-0.4, -0.2) is 24.4 Å². The van der Waals surface area contributed by atoms with Crippen molar-refractivity contribution in [1.82, 2.24) is 5.32 Å². The van der Waals surface area contributed by atoms with Crippen molar-refractivity contribution in [3.63, 3.8) is 0 Å². The zero-order chi connectivity index (χ0) is 18.2. The molecule has 130 valence electrons. The van der Waals surface area contributed by atoms with Crippen LogP contribution >= 0.6 is 0 Å². The summed E-state index contributed by atoms with van der Waals surface area (Å²) in [6.45, 7) is 1.16.